The molecule has 0 bridgehead atoms. The van der Waals surface area contributed by atoms with E-state index in [1.165, 1.54) is 6.20 Å². The van der Waals surface area contributed by atoms with E-state index >= 15 is 0 Å². The van der Waals surface area contributed by atoms with Crippen LogP contribution in [-0.2, 0) is 6.42 Å². The molecular formula is C13H16ClN5O. The highest BCUT2D eigenvalue weighted by molar-refractivity contribution is 6.30. The third-order valence-corrected chi connectivity index (χ3v) is 3.15. The van der Waals surface area contributed by atoms with Gasteiger partial charge in [0.2, 0.25) is 5.88 Å². The Hall–Kier alpha value is -1.89. The molecule has 0 amide bonds. The van der Waals surface area contributed by atoms with E-state index in [9.17, 15) is 0 Å². The quantitative estimate of drug-likeness (QED) is 0.570. The number of anilines is 1. The van der Waals surface area contributed by atoms with Crippen molar-refractivity contribution in [1.29, 1.82) is 0 Å². The van der Waals surface area contributed by atoms with Gasteiger partial charge in [0.05, 0.1) is 18.2 Å². The molecule has 2 aromatic heterocycles. The lowest BCUT2D eigenvalue weighted by molar-refractivity contribution is 0.397. The Bertz CT molecular complexity index is 575. The maximum absolute atomic E-state index is 5.94. The van der Waals surface area contributed by atoms with Crippen LogP contribution in [0.4, 0.5) is 5.82 Å². The largest absolute Gasteiger partial charge is 0.481 e. The minimum Gasteiger partial charge on any atom is -0.481 e. The fourth-order valence-electron chi connectivity index (χ4n) is 1.89. The van der Waals surface area contributed by atoms with E-state index in [2.05, 4.69) is 15.4 Å². The Labute approximate surface area is 122 Å². The molecule has 0 aliphatic carbocycles. The Morgan fingerprint density at radius 3 is 2.75 bits per heavy atom. The smallest absolute Gasteiger partial charge is 0.212 e. The highest BCUT2D eigenvalue weighted by Gasteiger charge is 2.15. The van der Waals surface area contributed by atoms with Gasteiger partial charge >= 0.3 is 0 Å². The number of pyridine rings is 2. The summed E-state index contributed by atoms with van der Waals surface area (Å²) in [5.74, 6) is 6.57. The van der Waals surface area contributed by atoms with Crippen LogP contribution in [0.1, 0.15) is 17.2 Å². The van der Waals surface area contributed by atoms with Crippen LogP contribution in [0.2, 0.25) is 5.02 Å². The van der Waals surface area contributed by atoms with Crippen LogP contribution < -0.4 is 21.7 Å². The molecule has 0 fully saturated rings. The molecule has 6 nitrogen and oxygen atoms in total. The van der Waals surface area contributed by atoms with Crippen molar-refractivity contribution in [3.8, 4) is 5.88 Å². The standard InChI is InChI=1S/C13H16ClN5O/c1-20-12-3-2-8(6-17-12)4-11(19-16)10-5-9(14)7-18-13(10)15/h2-3,5-7,11,19H,4,16H2,1H3,(H2,15,18). The fourth-order valence-corrected chi connectivity index (χ4v) is 2.06. The van der Waals surface area contributed by atoms with Gasteiger partial charge in [0, 0.05) is 24.0 Å². The Morgan fingerprint density at radius 2 is 2.15 bits per heavy atom. The number of nitrogens with two attached hydrogens (primary N) is 2. The second-order valence-corrected chi connectivity index (χ2v) is 4.70. The van der Waals surface area contributed by atoms with Gasteiger partial charge in [-0.2, -0.15) is 0 Å². The molecule has 2 rings (SSSR count). The van der Waals surface area contributed by atoms with E-state index in [4.69, 9.17) is 27.9 Å². The van der Waals surface area contributed by atoms with Gasteiger partial charge in [-0.3, -0.25) is 11.3 Å². The van der Waals surface area contributed by atoms with Crippen molar-refractivity contribution in [2.24, 2.45) is 5.84 Å². The highest BCUT2D eigenvalue weighted by Crippen LogP contribution is 2.24. The Balaban J connectivity index is 2.21. The molecule has 2 heterocycles. The van der Waals surface area contributed by atoms with Gasteiger partial charge in [-0.05, 0) is 18.1 Å². The first-order valence-corrected chi connectivity index (χ1v) is 6.37. The number of aromatic nitrogens is 2. The number of nitrogen functional groups attached to an aromatic ring is 1. The SMILES string of the molecule is COc1ccc(CC(NN)c2cc(Cl)cnc2N)cn1. The summed E-state index contributed by atoms with van der Waals surface area (Å²) in [7, 11) is 1.57. The minimum atomic E-state index is -0.198. The van der Waals surface area contributed by atoms with Crippen LogP contribution in [0.3, 0.4) is 0 Å². The summed E-state index contributed by atoms with van der Waals surface area (Å²) in [5.41, 5.74) is 10.3. The molecule has 1 atom stereocenters. The zero-order valence-electron chi connectivity index (χ0n) is 11.0. The second kappa shape index (κ2) is 6.51. The van der Waals surface area contributed by atoms with E-state index in [0.29, 0.717) is 23.1 Å². The van der Waals surface area contributed by atoms with Crippen LogP contribution in [0.25, 0.3) is 0 Å². The summed E-state index contributed by atoms with van der Waals surface area (Å²) < 4.78 is 5.02. The molecule has 0 saturated heterocycles. The number of hydrogen-bond acceptors (Lipinski definition) is 6. The maximum atomic E-state index is 5.94. The molecule has 1 unspecified atom stereocenters. The molecular weight excluding hydrogens is 278 g/mol. The lowest BCUT2D eigenvalue weighted by Gasteiger charge is -2.18. The topological polar surface area (TPSA) is 99.1 Å². The molecule has 7 heteroatoms. The third kappa shape index (κ3) is 3.36. The molecule has 0 radical (unpaired) electrons. The second-order valence-electron chi connectivity index (χ2n) is 4.26. The van der Waals surface area contributed by atoms with E-state index < -0.39 is 0 Å². The third-order valence-electron chi connectivity index (χ3n) is 2.94. The molecule has 0 aliphatic heterocycles. The maximum Gasteiger partial charge on any atom is 0.212 e. The van der Waals surface area contributed by atoms with Crippen LogP contribution in [0, 0.1) is 0 Å². The Morgan fingerprint density at radius 1 is 1.35 bits per heavy atom. The lowest BCUT2D eigenvalue weighted by Crippen LogP contribution is -2.30. The summed E-state index contributed by atoms with van der Waals surface area (Å²) >= 11 is 5.94. The summed E-state index contributed by atoms with van der Waals surface area (Å²) in [6.07, 6.45) is 3.85. The van der Waals surface area contributed by atoms with Gasteiger partial charge in [0.25, 0.3) is 0 Å². The fraction of sp³-hybridized carbons (Fsp3) is 0.231. The van der Waals surface area contributed by atoms with Crippen LogP contribution in [0.15, 0.2) is 30.6 Å². The summed E-state index contributed by atoms with van der Waals surface area (Å²) in [4.78, 5) is 8.19. The summed E-state index contributed by atoms with van der Waals surface area (Å²) in [6, 6.07) is 5.27. The molecule has 0 spiro atoms. The van der Waals surface area contributed by atoms with Gasteiger partial charge in [-0.1, -0.05) is 17.7 Å². The molecule has 0 saturated carbocycles. The average molecular weight is 294 g/mol. The first-order chi connectivity index (χ1) is 9.63. The number of rotatable bonds is 5. The van der Waals surface area contributed by atoms with Gasteiger partial charge in [0.1, 0.15) is 5.82 Å². The van der Waals surface area contributed by atoms with Crippen molar-refractivity contribution in [3.05, 3.63) is 46.7 Å². The number of nitrogens with one attached hydrogen (secondary N) is 1. The molecule has 0 aliphatic rings. The van der Waals surface area contributed by atoms with Gasteiger partial charge in [-0.15, -0.1) is 0 Å². The minimum absolute atomic E-state index is 0.198. The van der Waals surface area contributed by atoms with Gasteiger partial charge in [0.15, 0.2) is 0 Å². The summed E-state index contributed by atoms with van der Waals surface area (Å²) in [5, 5.41) is 0.516. The van der Waals surface area contributed by atoms with Crippen LogP contribution in [-0.4, -0.2) is 17.1 Å². The van der Waals surface area contributed by atoms with Crippen molar-refractivity contribution in [1.82, 2.24) is 15.4 Å². The normalized spacial score (nSPS) is 12.2. The predicted molar refractivity (Wildman–Crippen MR) is 78.2 cm³/mol. The van der Waals surface area contributed by atoms with Crippen LogP contribution in [0.5, 0.6) is 5.88 Å². The first kappa shape index (κ1) is 14.5. The average Bonchev–Trinajstić information content (AvgIpc) is 2.48. The van der Waals surface area contributed by atoms with E-state index in [-0.39, 0.29) is 6.04 Å². The zero-order chi connectivity index (χ0) is 14.5. The van der Waals surface area contributed by atoms with Crippen molar-refractivity contribution in [2.75, 3.05) is 12.8 Å². The monoisotopic (exact) mass is 293 g/mol. The molecule has 5 N–H and O–H groups in total. The summed E-state index contributed by atoms with van der Waals surface area (Å²) in [6.45, 7) is 0. The van der Waals surface area contributed by atoms with E-state index in [1.54, 1.807) is 25.4 Å². The Kier molecular flexibility index (Phi) is 4.73. The van der Waals surface area contributed by atoms with Gasteiger partial charge in [-0.25, -0.2) is 9.97 Å². The number of hydrogen-bond donors (Lipinski definition) is 3. The number of halogens is 1. The van der Waals surface area contributed by atoms with E-state index in [0.717, 1.165) is 11.1 Å². The van der Waals surface area contributed by atoms with E-state index in [1.807, 2.05) is 6.07 Å². The number of nitrogens with zero attached hydrogens (tertiary/aromatic N) is 2. The van der Waals surface area contributed by atoms with Crippen molar-refractivity contribution >= 4 is 17.4 Å². The lowest BCUT2D eigenvalue weighted by atomic mass is 10.0. The van der Waals surface area contributed by atoms with Crippen molar-refractivity contribution in [3.63, 3.8) is 0 Å². The van der Waals surface area contributed by atoms with Crippen molar-refractivity contribution < 1.29 is 4.74 Å². The first-order valence-electron chi connectivity index (χ1n) is 6.00. The van der Waals surface area contributed by atoms with Crippen molar-refractivity contribution in [2.45, 2.75) is 12.5 Å². The molecule has 2 aromatic rings. The number of methoxy groups -OCH3 is 1. The molecule has 20 heavy (non-hydrogen) atoms. The molecule has 106 valence electrons. The number of hydrazine groups is 1. The number of ether oxygens (including phenoxy) is 1. The zero-order valence-corrected chi connectivity index (χ0v) is 11.8. The van der Waals surface area contributed by atoms with Crippen LogP contribution >= 0.6 is 11.6 Å². The highest BCUT2D eigenvalue weighted by atomic mass is 35.5. The predicted octanol–water partition coefficient (Wildman–Crippen LogP) is 1.47. The molecule has 0 aromatic carbocycles. The van der Waals surface area contributed by atoms with Gasteiger partial charge < -0.3 is 10.5 Å².